The molecule has 0 saturated carbocycles. The number of hydrogen-bond donors (Lipinski definition) is 2. The van der Waals surface area contributed by atoms with Gasteiger partial charge >= 0.3 is 0 Å². The molecular formula is C26H21N5O4S2. The largest absolute Gasteiger partial charge is 0.486 e. The number of ether oxygens (including phenoxy) is 2. The summed E-state index contributed by atoms with van der Waals surface area (Å²) < 4.78 is 13.0. The predicted molar refractivity (Wildman–Crippen MR) is 144 cm³/mol. The Morgan fingerprint density at radius 2 is 1.68 bits per heavy atom. The molecule has 1 aliphatic heterocycles. The number of para-hydroxylation sites is 1. The van der Waals surface area contributed by atoms with Crippen LogP contribution in [-0.4, -0.2) is 39.8 Å². The van der Waals surface area contributed by atoms with Crippen molar-refractivity contribution in [2.45, 2.75) is 13.8 Å². The molecule has 3 aromatic heterocycles. The molecular weight excluding hydrogens is 510 g/mol. The second-order valence-corrected chi connectivity index (χ2v) is 10.4. The van der Waals surface area contributed by atoms with Crippen LogP contribution in [0.3, 0.4) is 0 Å². The maximum absolute atomic E-state index is 13.1. The minimum absolute atomic E-state index is 0.284. The number of benzene rings is 2. The smallest absolute Gasteiger partial charge is 0.267 e. The number of nitrogens with one attached hydrogen (secondary N) is 2. The average Bonchev–Trinajstić information content (AvgIpc) is 3.59. The normalized spacial score (nSPS) is 12.5. The lowest BCUT2D eigenvalue weighted by atomic mass is 10.2. The number of hydrogen-bond acceptors (Lipinski definition) is 8. The second-order valence-electron chi connectivity index (χ2n) is 8.36. The first-order valence-electron chi connectivity index (χ1n) is 11.5. The van der Waals surface area contributed by atoms with Crippen LogP contribution in [0.5, 0.6) is 11.5 Å². The standard InChI is InChI=1S/C26H21N5O4S2/c1-14-18-13-21(36-25(18)31(30-14)17-6-4-3-5-7-17)23(32)29-26-27-15(2)22(37-26)24(33)28-16-8-9-19-20(12-16)35-11-10-34-19/h3-9,12-13H,10-11H2,1-2H3,(H,28,33)(H,27,29,32). The van der Waals surface area contributed by atoms with E-state index in [4.69, 9.17) is 9.47 Å². The Labute approximate surface area is 219 Å². The highest BCUT2D eigenvalue weighted by atomic mass is 32.1. The molecule has 2 N–H and O–H groups in total. The van der Waals surface area contributed by atoms with Crippen LogP contribution in [0.15, 0.2) is 54.6 Å². The fourth-order valence-corrected chi connectivity index (χ4v) is 5.97. The first kappa shape index (κ1) is 23.2. The van der Waals surface area contributed by atoms with Crippen molar-refractivity contribution in [2.75, 3.05) is 23.8 Å². The number of aromatic nitrogens is 3. The zero-order valence-corrected chi connectivity index (χ0v) is 21.5. The molecule has 1 aliphatic rings. The van der Waals surface area contributed by atoms with Crippen LogP contribution in [0.4, 0.5) is 10.8 Å². The number of amides is 2. The first-order chi connectivity index (χ1) is 18.0. The number of carbonyl (C=O) groups is 2. The van der Waals surface area contributed by atoms with Crippen molar-refractivity contribution in [3.05, 3.63) is 75.7 Å². The molecule has 186 valence electrons. The van der Waals surface area contributed by atoms with Gasteiger partial charge in [0, 0.05) is 17.1 Å². The number of anilines is 2. The van der Waals surface area contributed by atoms with E-state index in [0.717, 1.165) is 32.9 Å². The van der Waals surface area contributed by atoms with Crippen molar-refractivity contribution in [1.29, 1.82) is 0 Å². The van der Waals surface area contributed by atoms with Crippen molar-refractivity contribution >= 4 is 55.5 Å². The molecule has 0 saturated heterocycles. The van der Waals surface area contributed by atoms with Crippen LogP contribution in [-0.2, 0) is 0 Å². The third-order valence-electron chi connectivity index (χ3n) is 5.79. The number of fused-ring (bicyclic) bond motifs is 2. The Morgan fingerprint density at radius 1 is 0.892 bits per heavy atom. The van der Waals surface area contributed by atoms with Gasteiger partial charge in [0.15, 0.2) is 16.6 Å². The van der Waals surface area contributed by atoms with Crippen LogP contribution >= 0.6 is 22.7 Å². The molecule has 0 aliphatic carbocycles. The lowest BCUT2D eigenvalue weighted by molar-refractivity contribution is 0.102. The average molecular weight is 532 g/mol. The summed E-state index contributed by atoms with van der Waals surface area (Å²) in [4.78, 5) is 32.2. The molecule has 2 amide bonds. The molecule has 6 rings (SSSR count). The minimum atomic E-state index is -0.312. The Morgan fingerprint density at radius 3 is 2.49 bits per heavy atom. The third kappa shape index (κ3) is 4.43. The Balaban J connectivity index is 1.19. The topological polar surface area (TPSA) is 107 Å². The molecule has 0 radical (unpaired) electrons. The van der Waals surface area contributed by atoms with E-state index < -0.39 is 0 Å². The van der Waals surface area contributed by atoms with Crippen LogP contribution in [0.25, 0.3) is 15.9 Å². The van der Waals surface area contributed by atoms with Gasteiger partial charge < -0.3 is 14.8 Å². The maximum Gasteiger partial charge on any atom is 0.267 e. The van der Waals surface area contributed by atoms with Gasteiger partial charge in [-0.15, -0.1) is 11.3 Å². The number of thiophene rings is 1. The van der Waals surface area contributed by atoms with Crippen LogP contribution in [0.2, 0.25) is 0 Å². The van der Waals surface area contributed by atoms with Crippen molar-refractivity contribution < 1.29 is 19.1 Å². The number of nitrogens with zero attached hydrogens (tertiary/aromatic N) is 3. The summed E-state index contributed by atoms with van der Waals surface area (Å²) in [7, 11) is 0. The SMILES string of the molecule is Cc1nc(NC(=O)c2cc3c(C)nn(-c4ccccc4)c3s2)sc1C(=O)Nc1ccc2c(c1)OCCO2. The quantitative estimate of drug-likeness (QED) is 0.313. The van der Waals surface area contributed by atoms with E-state index in [2.05, 4.69) is 20.7 Å². The summed E-state index contributed by atoms with van der Waals surface area (Å²) >= 11 is 2.49. The number of thiazole rings is 1. The summed E-state index contributed by atoms with van der Waals surface area (Å²) in [6.45, 7) is 4.63. The highest BCUT2D eigenvalue weighted by molar-refractivity contribution is 7.21. The molecule has 0 fully saturated rings. The molecule has 0 atom stereocenters. The van der Waals surface area contributed by atoms with E-state index in [1.807, 2.05) is 48.0 Å². The summed E-state index contributed by atoms with van der Waals surface area (Å²) in [5.74, 6) is 0.642. The van der Waals surface area contributed by atoms with Gasteiger partial charge in [0.2, 0.25) is 0 Å². The molecule has 5 aromatic rings. The molecule has 37 heavy (non-hydrogen) atoms. The molecule has 4 heterocycles. The summed E-state index contributed by atoms with van der Waals surface area (Å²) in [5.41, 5.74) is 2.89. The molecule has 11 heteroatoms. The van der Waals surface area contributed by atoms with Gasteiger partial charge in [0.25, 0.3) is 11.8 Å². The van der Waals surface area contributed by atoms with Crippen molar-refractivity contribution in [3.63, 3.8) is 0 Å². The van der Waals surface area contributed by atoms with E-state index in [1.165, 1.54) is 11.3 Å². The van der Waals surface area contributed by atoms with Gasteiger partial charge in [-0.3, -0.25) is 14.9 Å². The molecule has 9 nitrogen and oxygen atoms in total. The maximum atomic E-state index is 13.1. The van der Waals surface area contributed by atoms with E-state index in [1.54, 1.807) is 25.1 Å². The van der Waals surface area contributed by atoms with E-state index in [9.17, 15) is 9.59 Å². The third-order valence-corrected chi connectivity index (χ3v) is 7.97. The van der Waals surface area contributed by atoms with Gasteiger partial charge in [-0.2, -0.15) is 5.10 Å². The minimum Gasteiger partial charge on any atom is -0.486 e. The Bertz CT molecular complexity index is 1650. The van der Waals surface area contributed by atoms with Gasteiger partial charge in [-0.25, -0.2) is 9.67 Å². The highest BCUT2D eigenvalue weighted by Crippen LogP contribution is 2.34. The number of rotatable bonds is 5. The van der Waals surface area contributed by atoms with Gasteiger partial charge in [0.1, 0.15) is 22.9 Å². The fourth-order valence-electron chi connectivity index (χ4n) is 4.03. The van der Waals surface area contributed by atoms with Crippen LogP contribution < -0.4 is 20.1 Å². The highest BCUT2D eigenvalue weighted by Gasteiger charge is 2.21. The Kier molecular flexibility index (Phi) is 5.85. The predicted octanol–water partition coefficient (Wildman–Crippen LogP) is 5.44. The van der Waals surface area contributed by atoms with Crippen molar-refractivity contribution in [2.24, 2.45) is 0 Å². The zero-order valence-electron chi connectivity index (χ0n) is 19.9. The van der Waals surface area contributed by atoms with Crippen LogP contribution in [0, 0.1) is 13.8 Å². The summed E-state index contributed by atoms with van der Waals surface area (Å²) in [6, 6.07) is 16.9. The summed E-state index contributed by atoms with van der Waals surface area (Å²) in [5, 5.41) is 11.6. The van der Waals surface area contributed by atoms with Gasteiger partial charge in [-0.05, 0) is 44.2 Å². The van der Waals surface area contributed by atoms with E-state index in [0.29, 0.717) is 51.0 Å². The molecule has 2 aromatic carbocycles. The van der Waals surface area contributed by atoms with Crippen molar-refractivity contribution in [1.82, 2.24) is 14.8 Å². The molecule has 0 spiro atoms. The van der Waals surface area contributed by atoms with E-state index in [-0.39, 0.29) is 11.8 Å². The second kappa shape index (κ2) is 9.34. The van der Waals surface area contributed by atoms with Crippen molar-refractivity contribution in [3.8, 4) is 17.2 Å². The molecule has 0 bridgehead atoms. The fraction of sp³-hybridized carbons (Fsp3) is 0.154. The lowest BCUT2D eigenvalue weighted by Crippen LogP contribution is -2.16. The van der Waals surface area contributed by atoms with E-state index >= 15 is 0 Å². The number of aryl methyl sites for hydroxylation is 2. The zero-order chi connectivity index (χ0) is 25.5. The number of carbonyl (C=O) groups excluding carboxylic acids is 2. The summed E-state index contributed by atoms with van der Waals surface area (Å²) in [6.07, 6.45) is 0. The van der Waals surface area contributed by atoms with Gasteiger partial charge in [-0.1, -0.05) is 29.5 Å². The van der Waals surface area contributed by atoms with Gasteiger partial charge in [0.05, 0.1) is 22.0 Å². The lowest BCUT2D eigenvalue weighted by Gasteiger charge is -2.18. The monoisotopic (exact) mass is 531 g/mol. The first-order valence-corrected chi connectivity index (χ1v) is 13.1. The molecule has 0 unspecified atom stereocenters. The Hall–Kier alpha value is -4.22. The van der Waals surface area contributed by atoms with Crippen LogP contribution in [0.1, 0.15) is 30.7 Å².